The van der Waals surface area contributed by atoms with Gasteiger partial charge in [0.1, 0.15) is 0 Å². The topological polar surface area (TPSA) is 42.1 Å². The van der Waals surface area contributed by atoms with Crippen molar-refractivity contribution in [2.45, 2.75) is 19.5 Å². The summed E-state index contributed by atoms with van der Waals surface area (Å²) in [5, 5.41) is 0.532. The van der Waals surface area contributed by atoms with Crippen LogP contribution >= 0.6 is 23.7 Å². The highest BCUT2D eigenvalue weighted by Crippen LogP contribution is 2.26. The predicted octanol–water partition coefficient (Wildman–Crippen LogP) is 2.98. The van der Waals surface area contributed by atoms with Gasteiger partial charge in [-0.05, 0) is 18.1 Å². The Labute approximate surface area is 125 Å². The molecule has 0 radical (unpaired) electrons. The first kappa shape index (κ1) is 15.2. The average Bonchev–Trinajstić information content (AvgIpc) is 2.80. The molecule has 2 aromatic rings. The number of anilines is 1. The maximum atomic E-state index is 13.8. The van der Waals surface area contributed by atoms with E-state index in [4.69, 9.17) is 5.73 Å². The summed E-state index contributed by atoms with van der Waals surface area (Å²) in [5.41, 5.74) is 6.96. The van der Waals surface area contributed by atoms with Crippen molar-refractivity contribution in [3.63, 3.8) is 0 Å². The molecule has 20 heavy (non-hydrogen) atoms. The van der Waals surface area contributed by atoms with Gasteiger partial charge in [0.15, 0.2) is 16.8 Å². The normalized spacial score (nSPS) is 14.7. The van der Waals surface area contributed by atoms with E-state index in [9.17, 15) is 8.78 Å². The Hall–Kier alpha value is -1.24. The summed E-state index contributed by atoms with van der Waals surface area (Å²) in [6.07, 6.45) is 2.47. The number of halogens is 3. The van der Waals surface area contributed by atoms with E-state index in [-0.39, 0.29) is 12.4 Å². The van der Waals surface area contributed by atoms with Crippen LogP contribution in [0.2, 0.25) is 0 Å². The summed E-state index contributed by atoms with van der Waals surface area (Å²) in [5.74, 6) is -1.49. The zero-order chi connectivity index (χ0) is 13.4. The van der Waals surface area contributed by atoms with Crippen LogP contribution in [-0.2, 0) is 19.5 Å². The Bertz CT molecular complexity index is 618. The van der Waals surface area contributed by atoms with Gasteiger partial charge in [-0.2, -0.15) is 0 Å². The number of nitrogen functional groups attached to an aromatic ring is 1. The molecule has 0 amide bonds. The molecule has 0 saturated heterocycles. The van der Waals surface area contributed by atoms with Crippen molar-refractivity contribution in [2.75, 3.05) is 12.3 Å². The van der Waals surface area contributed by atoms with Crippen LogP contribution in [0.25, 0.3) is 0 Å². The Morgan fingerprint density at radius 3 is 2.85 bits per heavy atom. The van der Waals surface area contributed by atoms with Crippen molar-refractivity contribution < 1.29 is 8.78 Å². The van der Waals surface area contributed by atoms with Gasteiger partial charge in [0.05, 0.1) is 0 Å². The molecule has 2 heterocycles. The molecule has 7 heteroatoms. The van der Waals surface area contributed by atoms with E-state index < -0.39 is 11.6 Å². The third-order valence-electron chi connectivity index (χ3n) is 3.32. The summed E-state index contributed by atoms with van der Waals surface area (Å²) < 4.78 is 27.0. The van der Waals surface area contributed by atoms with E-state index in [0.29, 0.717) is 23.8 Å². The molecule has 1 aliphatic heterocycles. The molecular weight excluding hydrogens is 304 g/mol. The fourth-order valence-electron chi connectivity index (χ4n) is 2.37. The fourth-order valence-corrected chi connectivity index (χ4v) is 3.10. The minimum absolute atomic E-state index is 0. The minimum Gasteiger partial charge on any atom is -0.375 e. The number of fused-ring (bicyclic) bond motifs is 1. The predicted molar refractivity (Wildman–Crippen MR) is 78.0 cm³/mol. The largest absolute Gasteiger partial charge is 0.375 e. The lowest BCUT2D eigenvalue weighted by Gasteiger charge is -2.28. The number of hydrogen-bond donors (Lipinski definition) is 1. The van der Waals surface area contributed by atoms with E-state index in [2.05, 4.69) is 9.88 Å². The number of benzene rings is 1. The van der Waals surface area contributed by atoms with Crippen molar-refractivity contribution in [3.05, 3.63) is 46.0 Å². The van der Waals surface area contributed by atoms with Gasteiger partial charge in [-0.25, -0.2) is 13.8 Å². The minimum atomic E-state index is -0.775. The van der Waals surface area contributed by atoms with Gasteiger partial charge in [-0.15, -0.1) is 23.7 Å². The molecule has 0 saturated carbocycles. The second-order valence-electron chi connectivity index (χ2n) is 4.62. The Kier molecular flexibility index (Phi) is 4.57. The smallest absolute Gasteiger partial charge is 0.180 e. The van der Waals surface area contributed by atoms with Gasteiger partial charge < -0.3 is 5.73 Å². The molecule has 1 aromatic carbocycles. The number of nitrogens with two attached hydrogens (primary N) is 1. The highest BCUT2D eigenvalue weighted by Gasteiger charge is 2.22. The molecule has 1 aliphatic rings. The van der Waals surface area contributed by atoms with Gasteiger partial charge in [0.25, 0.3) is 0 Å². The van der Waals surface area contributed by atoms with E-state index in [0.717, 1.165) is 23.4 Å². The average molecular weight is 318 g/mol. The summed E-state index contributed by atoms with van der Waals surface area (Å²) in [6, 6.07) is 2.88. The van der Waals surface area contributed by atoms with Crippen LogP contribution in [-0.4, -0.2) is 16.4 Å². The van der Waals surface area contributed by atoms with Gasteiger partial charge in [-0.3, -0.25) is 4.90 Å². The standard InChI is InChI=1S/C13H13F2N3S.ClH/c14-11-2-1-8-3-4-18(7-10(8)12(11)15)6-9-5-17-13(16)19-9;/h1-2,5H,3-4,6-7H2,(H2,16,17);1H. The first-order valence-corrected chi connectivity index (χ1v) is 6.83. The van der Waals surface area contributed by atoms with Gasteiger partial charge in [0, 0.05) is 36.3 Å². The zero-order valence-electron chi connectivity index (χ0n) is 10.6. The molecule has 3 rings (SSSR count). The lowest BCUT2D eigenvalue weighted by molar-refractivity contribution is 0.241. The first-order valence-electron chi connectivity index (χ1n) is 6.02. The van der Waals surface area contributed by atoms with Gasteiger partial charge >= 0.3 is 0 Å². The number of aromatic nitrogens is 1. The molecule has 0 bridgehead atoms. The van der Waals surface area contributed by atoms with E-state index in [1.54, 1.807) is 12.3 Å². The Morgan fingerprint density at radius 1 is 1.35 bits per heavy atom. The Morgan fingerprint density at radius 2 is 2.15 bits per heavy atom. The molecule has 0 aliphatic carbocycles. The molecule has 0 unspecified atom stereocenters. The highest BCUT2D eigenvalue weighted by atomic mass is 35.5. The van der Waals surface area contributed by atoms with Crippen molar-refractivity contribution in [3.8, 4) is 0 Å². The molecular formula is C13H14ClF2N3S. The summed E-state index contributed by atoms with van der Waals surface area (Å²) in [7, 11) is 0. The van der Waals surface area contributed by atoms with E-state index >= 15 is 0 Å². The second kappa shape index (κ2) is 6.03. The SMILES string of the molecule is Cl.Nc1ncc(CN2CCc3ccc(F)c(F)c3C2)s1. The van der Waals surface area contributed by atoms with Crippen LogP contribution in [0.5, 0.6) is 0 Å². The number of nitrogens with zero attached hydrogens (tertiary/aromatic N) is 2. The maximum Gasteiger partial charge on any atom is 0.180 e. The molecule has 108 valence electrons. The molecule has 3 nitrogen and oxygen atoms in total. The van der Waals surface area contributed by atoms with Crippen LogP contribution in [0.15, 0.2) is 18.3 Å². The molecule has 2 N–H and O–H groups in total. The fraction of sp³-hybridized carbons (Fsp3) is 0.308. The number of rotatable bonds is 2. The number of thiazole rings is 1. The van der Waals surface area contributed by atoms with Crippen molar-refractivity contribution in [1.82, 2.24) is 9.88 Å². The van der Waals surface area contributed by atoms with Crippen LogP contribution in [0.3, 0.4) is 0 Å². The van der Waals surface area contributed by atoms with Crippen LogP contribution in [0, 0.1) is 11.6 Å². The molecule has 0 atom stereocenters. The van der Waals surface area contributed by atoms with Crippen molar-refractivity contribution in [1.29, 1.82) is 0 Å². The monoisotopic (exact) mass is 317 g/mol. The van der Waals surface area contributed by atoms with Gasteiger partial charge in [0.2, 0.25) is 0 Å². The molecule has 0 spiro atoms. The third-order valence-corrected chi connectivity index (χ3v) is 4.13. The van der Waals surface area contributed by atoms with Crippen LogP contribution in [0.1, 0.15) is 16.0 Å². The lowest BCUT2D eigenvalue weighted by atomic mass is 9.99. The summed E-state index contributed by atoms with van der Waals surface area (Å²) >= 11 is 1.43. The number of hydrogen-bond acceptors (Lipinski definition) is 4. The molecule has 1 aromatic heterocycles. The van der Waals surface area contributed by atoms with Crippen molar-refractivity contribution in [2.24, 2.45) is 0 Å². The van der Waals surface area contributed by atoms with Crippen LogP contribution in [0.4, 0.5) is 13.9 Å². The third kappa shape index (κ3) is 2.92. The van der Waals surface area contributed by atoms with E-state index in [1.165, 1.54) is 17.4 Å². The van der Waals surface area contributed by atoms with Crippen molar-refractivity contribution >= 4 is 28.9 Å². The van der Waals surface area contributed by atoms with Crippen LogP contribution < -0.4 is 5.73 Å². The summed E-state index contributed by atoms with van der Waals surface area (Å²) in [4.78, 5) is 7.11. The first-order chi connectivity index (χ1) is 9.13. The molecule has 0 fully saturated rings. The Balaban J connectivity index is 0.00000147. The van der Waals surface area contributed by atoms with Gasteiger partial charge in [-0.1, -0.05) is 6.07 Å². The lowest BCUT2D eigenvalue weighted by Crippen LogP contribution is -2.30. The summed E-state index contributed by atoms with van der Waals surface area (Å²) in [6.45, 7) is 1.93. The second-order valence-corrected chi connectivity index (χ2v) is 5.77. The zero-order valence-corrected chi connectivity index (χ0v) is 12.2. The maximum absolute atomic E-state index is 13.8. The highest BCUT2D eigenvalue weighted by molar-refractivity contribution is 7.15. The quantitative estimate of drug-likeness (QED) is 0.926. The van der Waals surface area contributed by atoms with E-state index in [1.807, 2.05) is 0 Å².